The SMILES string of the molecule is COC(=O)c1[nH]c2c(c1C)C(O)C(C(O)C(O)C=Cc1ccccc1)NC2=O. The summed E-state index contributed by atoms with van der Waals surface area (Å²) >= 11 is 0. The number of hydrogen-bond donors (Lipinski definition) is 5. The fraction of sp³-hybridized carbons (Fsp3) is 0.300. The molecule has 0 saturated heterocycles. The number of esters is 1. The summed E-state index contributed by atoms with van der Waals surface area (Å²) < 4.78 is 4.67. The predicted molar refractivity (Wildman–Crippen MR) is 101 cm³/mol. The summed E-state index contributed by atoms with van der Waals surface area (Å²) in [6.07, 6.45) is -1.10. The van der Waals surface area contributed by atoms with Crippen LogP contribution in [-0.4, -0.2) is 57.5 Å². The van der Waals surface area contributed by atoms with Crippen molar-refractivity contribution in [3.05, 3.63) is 64.5 Å². The van der Waals surface area contributed by atoms with Gasteiger partial charge in [-0.15, -0.1) is 0 Å². The summed E-state index contributed by atoms with van der Waals surface area (Å²) in [5.41, 5.74) is 1.47. The second-order valence-electron chi connectivity index (χ2n) is 6.60. The number of aliphatic hydroxyl groups is 3. The van der Waals surface area contributed by atoms with Crippen LogP contribution in [0.1, 0.15) is 43.8 Å². The third-order valence-corrected chi connectivity index (χ3v) is 4.85. The maximum Gasteiger partial charge on any atom is 0.354 e. The Hall–Kier alpha value is -2.94. The fourth-order valence-electron chi connectivity index (χ4n) is 3.32. The van der Waals surface area contributed by atoms with E-state index in [1.54, 1.807) is 13.0 Å². The Morgan fingerprint density at radius 1 is 1.25 bits per heavy atom. The number of carbonyl (C=O) groups excluding carboxylic acids is 2. The second-order valence-corrected chi connectivity index (χ2v) is 6.60. The first-order chi connectivity index (χ1) is 13.3. The highest BCUT2D eigenvalue weighted by atomic mass is 16.5. The molecule has 2 aromatic rings. The fourth-order valence-corrected chi connectivity index (χ4v) is 3.32. The van der Waals surface area contributed by atoms with Gasteiger partial charge in [-0.1, -0.05) is 42.5 Å². The Morgan fingerprint density at radius 2 is 1.93 bits per heavy atom. The summed E-state index contributed by atoms with van der Waals surface area (Å²) in [6.45, 7) is 1.57. The van der Waals surface area contributed by atoms with Crippen molar-refractivity contribution in [3.8, 4) is 0 Å². The molecule has 1 aliphatic rings. The first kappa shape index (κ1) is 19.8. The average molecular weight is 386 g/mol. The Morgan fingerprint density at radius 3 is 2.57 bits per heavy atom. The highest BCUT2D eigenvalue weighted by molar-refractivity contribution is 5.99. The van der Waals surface area contributed by atoms with E-state index < -0.39 is 36.2 Å². The van der Waals surface area contributed by atoms with E-state index in [0.29, 0.717) is 5.56 Å². The zero-order chi connectivity index (χ0) is 20.4. The number of hydrogen-bond acceptors (Lipinski definition) is 6. The van der Waals surface area contributed by atoms with E-state index in [2.05, 4.69) is 15.0 Å². The number of aliphatic hydroxyl groups excluding tert-OH is 3. The maximum atomic E-state index is 12.4. The summed E-state index contributed by atoms with van der Waals surface area (Å²) in [4.78, 5) is 26.9. The van der Waals surface area contributed by atoms with Crippen LogP contribution in [0.15, 0.2) is 36.4 Å². The molecule has 0 bridgehead atoms. The summed E-state index contributed by atoms with van der Waals surface area (Å²) in [7, 11) is 1.21. The van der Waals surface area contributed by atoms with Crippen LogP contribution in [0.4, 0.5) is 0 Å². The minimum absolute atomic E-state index is 0.0307. The quantitative estimate of drug-likeness (QED) is 0.481. The van der Waals surface area contributed by atoms with Crippen LogP contribution in [0.2, 0.25) is 0 Å². The zero-order valence-corrected chi connectivity index (χ0v) is 15.4. The number of amides is 1. The Labute approximate surface area is 161 Å². The molecule has 4 unspecified atom stereocenters. The second kappa shape index (κ2) is 7.97. The van der Waals surface area contributed by atoms with Crippen molar-refractivity contribution in [2.24, 2.45) is 0 Å². The van der Waals surface area contributed by atoms with Gasteiger partial charge in [-0.25, -0.2) is 4.79 Å². The van der Waals surface area contributed by atoms with E-state index in [-0.39, 0.29) is 17.0 Å². The third kappa shape index (κ3) is 3.57. The highest BCUT2D eigenvalue weighted by Gasteiger charge is 2.42. The number of nitrogens with one attached hydrogen (secondary N) is 2. The van der Waals surface area contributed by atoms with E-state index in [1.807, 2.05) is 30.3 Å². The molecule has 5 N–H and O–H groups in total. The Bertz CT molecular complexity index is 905. The molecule has 4 atom stereocenters. The lowest BCUT2D eigenvalue weighted by Gasteiger charge is -2.34. The molecule has 3 rings (SSSR count). The van der Waals surface area contributed by atoms with Crippen LogP contribution in [0, 0.1) is 6.92 Å². The van der Waals surface area contributed by atoms with Crippen molar-refractivity contribution in [3.63, 3.8) is 0 Å². The highest BCUT2D eigenvalue weighted by Crippen LogP contribution is 2.33. The van der Waals surface area contributed by atoms with Crippen LogP contribution in [-0.2, 0) is 4.74 Å². The molecular weight excluding hydrogens is 364 g/mol. The van der Waals surface area contributed by atoms with Crippen molar-refractivity contribution in [1.29, 1.82) is 0 Å². The van der Waals surface area contributed by atoms with Crippen LogP contribution in [0.5, 0.6) is 0 Å². The largest absolute Gasteiger partial charge is 0.464 e. The minimum Gasteiger partial charge on any atom is -0.464 e. The number of ether oxygens (including phenoxy) is 1. The molecule has 1 aliphatic heterocycles. The Balaban J connectivity index is 1.84. The van der Waals surface area contributed by atoms with Gasteiger partial charge in [0, 0.05) is 5.56 Å². The van der Waals surface area contributed by atoms with Gasteiger partial charge in [0.05, 0.1) is 13.2 Å². The number of carbonyl (C=O) groups is 2. The monoisotopic (exact) mass is 386 g/mol. The van der Waals surface area contributed by atoms with E-state index in [1.165, 1.54) is 13.2 Å². The summed E-state index contributed by atoms with van der Waals surface area (Å²) in [5.74, 6) is -1.27. The van der Waals surface area contributed by atoms with Crippen molar-refractivity contribution in [1.82, 2.24) is 10.3 Å². The molecule has 0 fully saturated rings. The topological polar surface area (TPSA) is 132 Å². The first-order valence-electron chi connectivity index (χ1n) is 8.74. The van der Waals surface area contributed by atoms with Crippen LogP contribution < -0.4 is 5.32 Å². The van der Waals surface area contributed by atoms with E-state index in [4.69, 9.17) is 0 Å². The molecule has 148 valence electrons. The lowest BCUT2D eigenvalue weighted by Crippen LogP contribution is -2.54. The Kier molecular flexibility index (Phi) is 5.64. The van der Waals surface area contributed by atoms with Crippen molar-refractivity contribution in [2.45, 2.75) is 31.3 Å². The van der Waals surface area contributed by atoms with Gasteiger partial charge in [0.1, 0.15) is 29.7 Å². The van der Waals surface area contributed by atoms with Crippen LogP contribution in [0.3, 0.4) is 0 Å². The molecule has 1 aromatic carbocycles. The molecule has 0 radical (unpaired) electrons. The maximum absolute atomic E-state index is 12.4. The van der Waals surface area contributed by atoms with Crippen LogP contribution in [0.25, 0.3) is 6.08 Å². The lowest BCUT2D eigenvalue weighted by molar-refractivity contribution is -0.0221. The lowest BCUT2D eigenvalue weighted by atomic mass is 9.89. The van der Waals surface area contributed by atoms with Gasteiger partial charge in [0.25, 0.3) is 5.91 Å². The van der Waals surface area contributed by atoms with E-state index in [0.717, 1.165) is 5.56 Å². The van der Waals surface area contributed by atoms with Crippen molar-refractivity contribution >= 4 is 18.0 Å². The molecule has 1 amide bonds. The van der Waals surface area contributed by atoms with Crippen molar-refractivity contribution in [2.75, 3.05) is 7.11 Å². The number of rotatable bonds is 5. The summed E-state index contributed by atoms with van der Waals surface area (Å²) in [5, 5.41) is 34.0. The molecule has 0 aliphatic carbocycles. The summed E-state index contributed by atoms with van der Waals surface area (Å²) in [6, 6.07) is 8.03. The first-order valence-corrected chi connectivity index (χ1v) is 8.74. The van der Waals surface area contributed by atoms with Crippen molar-refractivity contribution < 1.29 is 29.6 Å². The molecule has 8 nitrogen and oxygen atoms in total. The molecule has 8 heteroatoms. The average Bonchev–Trinajstić information content (AvgIpc) is 3.06. The predicted octanol–water partition coefficient (Wildman–Crippen LogP) is 0.690. The van der Waals surface area contributed by atoms with E-state index in [9.17, 15) is 24.9 Å². The number of fused-ring (bicyclic) bond motifs is 1. The molecule has 0 spiro atoms. The number of H-pyrrole nitrogens is 1. The molecule has 1 aromatic heterocycles. The minimum atomic E-state index is -1.47. The van der Waals surface area contributed by atoms with Gasteiger partial charge in [0.15, 0.2) is 0 Å². The number of aromatic nitrogens is 1. The number of methoxy groups -OCH3 is 1. The number of benzene rings is 1. The zero-order valence-electron chi connectivity index (χ0n) is 15.4. The number of aromatic amines is 1. The van der Waals surface area contributed by atoms with Gasteiger partial charge >= 0.3 is 5.97 Å². The molecule has 2 heterocycles. The van der Waals surface area contributed by atoms with Gasteiger partial charge in [-0.3, -0.25) is 4.79 Å². The smallest absolute Gasteiger partial charge is 0.354 e. The normalized spacial score (nSPS) is 21.1. The van der Waals surface area contributed by atoms with Crippen LogP contribution >= 0.6 is 0 Å². The third-order valence-electron chi connectivity index (χ3n) is 4.85. The molecule has 28 heavy (non-hydrogen) atoms. The van der Waals surface area contributed by atoms with Gasteiger partial charge in [-0.2, -0.15) is 0 Å². The molecular formula is C20H22N2O6. The van der Waals surface area contributed by atoms with Gasteiger partial charge in [-0.05, 0) is 18.1 Å². The van der Waals surface area contributed by atoms with Gasteiger partial charge in [0.2, 0.25) is 0 Å². The molecule has 0 saturated carbocycles. The van der Waals surface area contributed by atoms with E-state index >= 15 is 0 Å². The standard InChI is InChI=1S/C20H22N2O6/c1-10-13-15(21-14(10)20(27)28-2)19(26)22-16(18(13)25)17(24)12(23)9-8-11-6-4-3-5-7-11/h3-9,12,16-18,21,23-25H,1-2H3,(H,22,26). The van der Waals surface area contributed by atoms with Gasteiger partial charge < -0.3 is 30.4 Å².